The molecular weight excluding hydrogens is 266 g/mol. The topological polar surface area (TPSA) is 41.6 Å². The van der Waals surface area contributed by atoms with E-state index in [4.69, 9.17) is 0 Å². The van der Waals surface area contributed by atoms with E-state index in [0.29, 0.717) is 19.0 Å². The lowest BCUT2D eigenvalue weighted by molar-refractivity contribution is -0.0493. The molecule has 0 spiro atoms. The molecule has 0 atom stereocenters. The Balaban J connectivity index is 2.00. The van der Waals surface area contributed by atoms with Crippen LogP contribution in [-0.2, 0) is 0 Å². The number of likely N-dealkylation sites (tertiary alicyclic amines) is 1. The van der Waals surface area contributed by atoms with Gasteiger partial charge in [0.15, 0.2) is 0 Å². The van der Waals surface area contributed by atoms with Crippen LogP contribution in [0.25, 0.3) is 0 Å². The number of halogens is 2. The SMILES string of the molecule is CC1CCN(C(=O)Nc2ccccc2OC(F)F)CC1. The van der Waals surface area contributed by atoms with E-state index in [9.17, 15) is 13.6 Å². The second kappa shape index (κ2) is 6.54. The summed E-state index contributed by atoms with van der Waals surface area (Å²) >= 11 is 0. The Morgan fingerprint density at radius 3 is 2.65 bits per heavy atom. The van der Waals surface area contributed by atoms with Crippen LogP contribution in [0.4, 0.5) is 19.3 Å². The molecular formula is C14H18F2N2O2. The summed E-state index contributed by atoms with van der Waals surface area (Å²) in [6, 6.07) is 5.91. The van der Waals surface area contributed by atoms with E-state index in [-0.39, 0.29) is 17.5 Å². The van der Waals surface area contributed by atoms with Crippen molar-refractivity contribution in [3.8, 4) is 5.75 Å². The summed E-state index contributed by atoms with van der Waals surface area (Å²) in [7, 11) is 0. The first-order valence-corrected chi connectivity index (χ1v) is 6.66. The predicted molar refractivity (Wildman–Crippen MR) is 72.1 cm³/mol. The number of hydrogen-bond acceptors (Lipinski definition) is 2. The van der Waals surface area contributed by atoms with E-state index in [2.05, 4.69) is 17.0 Å². The van der Waals surface area contributed by atoms with Gasteiger partial charge in [-0.25, -0.2) is 4.79 Å². The number of carbonyl (C=O) groups excluding carboxylic acids is 1. The van der Waals surface area contributed by atoms with Crippen LogP contribution in [0, 0.1) is 5.92 Å². The second-order valence-corrected chi connectivity index (χ2v) is 4.97. The van der Waals surface area contributed by atoms with Gasteiger partial charge in [-0.3, -0.25) is 0 Å². The molecule has 4 nitrogen and oxygen atoms in total. The van der Waals surface area contributed by atoms with Gasteiger partial charge in [0.2, 0.25) is 0 Å². The number of rotatable bonds is 3. The first kappa shape index (κ1) is 14.6. The Morgan fingerprint density at radius 1 is 1.35 bits per heavy atom. The van der Waals surface area contributed by atoms with E-state index in [1.54, 1.807) is 23.1 Å². The maximum absolute atomic E-state index is 12.3. The molecule has 0 aliphatic carbocycles. The molecule has 1 N–H and O–H groups in total. The van der Waals surface area contributed by atoms with Gasteiger partial charge in [0, 0.05) is 13.1 Å². The van der Waals surface area contributed by atoms with Gasteiger partial charge in [-0.05, 0) is 30.9 Å². The van der Waals surface area contributed by atoms with Gasteiger partial charge >= 0.3 is 12.6 Å². The summed E-state index contributed by atoms with van der Waals surface area (Å²) in [6.45, 7) is 0.612. The average molecular weight is 284 g/mol. The molecule has 1 fully saturated rings. The second-order valence-electron chi connectivity index (χ2n) is 4.97. The van der Waals surface area contributed by atoms with Gasteiger partial charge in [0.05, 0.1) is 5.69 Å². The Morgan fingerprint density at radius 2 is 2.00 bits per heavy atom. The van der Waals surface area contributed by atoms with E-state index in [0.717, 1.165) is 12.8 Å². The van der Waals surface area contributed by atoms with Crippen LogP contribution in [0.1, 0.15) is 19.8 Å². The number of amides is 2. The molecule has 1 saturated heterocycles. The lowest BCUT2D eigenvalue weighted by atomic mass is 10.00. The Bertz CT molecular complexity index is 460. The molecule has 20 heavy (non-hydrogen) atoms. The number of alkyl halides is 2. The zero-order valence-electron chi connectivity index (χ0n) is 11.3. The lowest BCUT2D eigenvalue weighted by Gasteiger charge is -2.30. The third kappa shape index (κ3) is 3.82. The van der Waals surface area contributed by atoms with Crippen molar-refractivity contribution in [1.29, 1.82) is 0 Å². The maximum atomic E-state index is 12.3. The number of benzene rings is 1. The number of nitrogens with zero attached hydrogens (tertiary/aromatic N) is 1. The minimum Gasteiger partial charge on any atom is -0.433 e. The molecule has 2 rings (SSSR count). The number of piperidine rings is 1. The molecule has 0 radical (unpaired) electrons. The van der Waals surface area contributed by atoms with Gasteiger partial charge in [-0.2, -0.15) is 8.78 Å². The summed E-state index contributed by atoms with van der Waals surface area (Å²) < 4.78 is 29.0. The number of carbonyl (C=O) groups is 1. The minimum atomic E-state index is -2.91. The number of nitrogens with one attached hydrogen (secondary N) is 1. The summed E-state index contributed by atoms with van der Waals surface area (Å²) in [5, 5.41) is 2.63. The van der Waals surface area contributed by atoms with Crippen LogP contribution in [0.3, 0.4) is 0 Å². The average Bonchev–Trinajstić information content (AvgIpc) is 2.41. The van der Waals surface area contributed by atoms with Crippen molar-refractivity contribution in [3.63, 3.8) is 0 Å². The van der Waals surface area contributed by atoms with Gasteiger partial charge < -0.3 is 15.0 Å². The Labute approximate surface area is 116 Å². The highest BCUT2D eigenvalue weighted by Gasteiger charge is 2.21. The number of urea groups is 1. The highest BCUT2D eigenvalue weighted by atomic mass is 19.3. The standard InChI is InChI=1S/C14H18F2N2O2/c1-10-6-8-18(9-7-10)14(19)17-11-4-2-3-5-12(11)20-13(15)16/h2-5,10,13H,6-9H2,1H3,(H,17,19). The maximum Gasteiger partial charge on any atom is 0.387 e. The van der Waals surface area contributed by atoms with Crippen molar-refractivity contribution in [2.75, 3.05) is 18.4 Å². The van der Waals surface area contributed by atoms with Crippen LogP contribution in [0.5, 0.6) is 5.75 Å². The number of anilines is 1. The van der Waals surface area contributed by atoms with E-state index >= 15 is 0 Å². The molecule has 0 aromatic heterocycles. The zero-order valence-corrected chi connectivity index (χ0v) is 11.3. The van der Waals surface area contributed by atoms with Crippen LogP contribution in [0.15, 0.2) is 24.3 Å². The highest BCUT2D eigenvalue weighted by molar-refractivity contribution is 5.91. The molecule has 1 aliphatic rings. The van der Waals surface area contributed by atoms with Crippen molar-refractivity contribution in [3.05, 3.63) is 24.3 Å². The smallest absolute Gasteiger partial charge is 0.387 e. The van der Waals surface area contributed by atoms with E-state index in [1.807, 2.05) is 0 Å². The van der Waals surface area contributed by atoms with Crippen molar-refractivity contribution in [2.45, 2.75) is 26.4 Å². The molecule has 1 heterocycles. The van der Waals surface area contributed by atoms with E-state index in [1.165, 1.54) is 6.07 Å². The fourth-order valence-electron chi connectivity index (χ4n) is 2.17. The monoisotopic (exact) mass is 284 g/mol. The van der Waals surface area contributed by atoms with Crippen molar-refractivity contribution in [2.24, 2.45) is 5.92 Å². The van der Waals surface area contributed by atoms with E-state index < -0.39 is 6.61 Å². The van der Waals surface area contributed by atoms with Gasteiger partial charge in [-0.1, -0.05) is 19.1 Å². The normalized spacial score (nSPS) is 16.3. The number of ether oxygens (including phenoxy) is 1. The molecule has 0 bridgehead atoms. The molecule has 1 aromatic rings. The quantitative estimate of drug-likeness (QED) is 0.922. The van der Waals surface area contributed by atoms with Crippen molar-refractivity contribution < 1.29 is 18.3 Å². The third-order valence-electron chi connectivity index (χ3n) is 3.42. The highest BCUT2D eigenvalue weighted by Crippen LogP contribution is 2.26. The summed E-state index contributed by atoms with van der Waals surface area (Å²) in [4.78, 5) is 13.8. The molecule has 0 unspecified atom stereocenters. The molecule has 2 amide bonds. The Kier molecular flexibility index (Phi) is 4.76. The third-order valence-corrected chi connectivity index (χ3v) is 3.42. The van der Waals surface area contributed by atoms with Crippen molar-refractivity contribution >= 4 is 11.7 Å². The molecule has 6 heteroatoms. The molecule has 1 aliphatic heterocycles. The largest absolute Gasteiger partial charge is 0.433 e. The summed E-state index contributed by atoms with van der Waals surface area (Å²) in [6.07, 6.45) is 1.92. The van der Waals surface area contributed by atoms with Crippen LogP contribution in [0.2, 0.25) is 0 Å². The van der Waals surface area contributed by atoms with Gasteiger partial charge in [0.25, 0.3) is 0 Å². The number of hydrogen-bond donors (Lipinski definition) is 1. The van der Waals surface area contributed by atoms with Crippen LogP contribution < -0.4 is 10.1 Å². The number of para-hydroxylation sites is 2. The lowest BCUT2D eigenvalue weighted by Crippen LogP contribution is -2.40. The van der Waals surface area contributed by atoms with Crippen molar-refractivity contribution in [1.82, 2.24) is 4.90 Å². The summed E-state index contributed by atoms with van der Waals surface area (Å²) in [5.74, 6) is 0.592. The fourth-order valence-corrected chi connectivity index (χ4v) is 2.17. The zero-order chi connectivity index (χ0) is 14.5. The molecule has 0 saturated carbocycles. The Hall–Kier alpha value is -1.85. The van der Waals surface area contributed by atoms with Crippen LogP contribution in [-0.4, -0.2) is 30.6 Å². The summed E-state index contributed by atoms with van der Waals surface area (Å²) in [5.41, 5.74) is 0.261. The van der Waals surface area contributed by atoms with Crippen LogP contribution >= 0.6 is 0 Å². The van der Waals surface area contributed by atoms with Gasteiger partial charge in [0.1, 0.15) is 5.75 Å². The first-order valence-electron chi connectivity index (χ1n) is 6.66. The predicted octanol–water partition coefficient (Wildman–Crippen LogP) is 3.55. The molecule has 1 aromatic carbocycles. The van der Waals surface area contributed by atoms with Gasteiger partial charge in [-0.15, -0.1) is 0 Å². The fraction of sp³-hybridized carbons (Fsp3) is 0.500. The molecule has 110 valence electrons. The minimum absolute atomic E-state index is 0.0266. The first-order chi connectivity index (χ1) is 9.56.